The molecule has 0 saturated carbocycles. The second-order valence-corrected chi connectivity index (χ2v) is 10.7. The molecule has 1 amide bonds. The molecule has 0 radical (unpaired) electrons. The van der Waals surface area contributed by atoms with Crippen LogP contribution in [0.4, 0.5) is 0 Å². The molecule has 0 aliphatic carbocycles. The highest BCUT2D eigenvalue weighted by Crippen LogP contribution is 2.41. The molecule has 2 aromatic carbocycles. The number of sulfonamides is 1. The van der Waals surface area contributed by atoms with Gasteiger partial charge in [-0.1, -0.05) is 30.5 Å². The molecule has 1 unspecified atom stereocenters. The second kappa shape index (κ2) is 12.4. The number of amides is 1. The molecular weight excluding hydrogens is 466 g/mol. The average Bonchev–Trinajstić information content (AvgIpc) is 2.85. The fourth-order valence-corrected chi connectivity index (χ4v) is 6.05. The number of rotatable bonds is 12. The molecule has 35 heavy (non-hydrogen) atoms. The van der Waals surface area contributed by atoms with E-state index in [2.05, 4.69) is 5.32 Å². The van der Waals surface area contributed by atoms with Crippen molar-refractivity contribution in [3.05, 3.63) is 53.1 Å². The van der Waals surface area contributed by atoms with E-state index in [1.807, 2.05) is 13.0 Å². The van der Waals surface area contributed by atoms with E-state index in [0.717, 1.165) is 42.4 Å². The summed E-state index contributed by atoms with van der Waals surface area (Å²) in [5.41, 5.74) is 8.23. The Morgan fingerprint density at radius 2 is 1.71 bits per heavy atom. The molecule has 0 bridgehead atoms. The summed E-state index contributed by atoms with van der Waals surface area (Å²) in [6.45, 7) is 3.42. The summed E-state index contributed by atoms with van der Waals surface area (Å²) in [6.07, 6.45) is 4.41. The lowest BCUT2D eigenvalue weighted by Crippen LogP contribution is -2.42. The largest absolute Gasteiger partial charge is 0.493 e. The van der Waals surface area contributed by atoms with Crippen LogP contribution in [0, 0.1) is 6.92 Å². The molecule has 0 aromatic heterocycles. The minimum Gasteiger partial charge on any atom is -0.493 e. The van der Waals surface area contributed by atoms with Crippen LogP contribution in [0.5, 0.6) is 11.5 Å². The zero-order valence-corrected chi connectivity index (χ0v) is 21.7. The highest BCUT2D eigenvalue weighted by Gasteiger charge is 2.38. The van der Waals surface area contributed by atoms with Crippen molar-refractivity contribution < 1.29 is 22.7 Å². The number of carbonyl (C=O) groups excluding carboxylic acids is 1. The number of carbonyl (C=O) groups is 1. The van der Waals surface area contributed by atoms with E-state index in [0.29, 0.717) is 31.0 Å². The standard InChI is InChI=1S/C26H37N3O5S/c1-19-8-10-21(11-9-19)35(31,32)29-15-12-20-16-24(33-2)25(34-3)17-22(20)23(29)18-26(30)28-14-7-5-4-6-13-27/h8-11,16-17,23H,4-7,12-15,18,27H2,1-3H3,(H,28,30). The summed E-state index contributed by atoms with van der Waals surface area (Å²) in [7, 11) is -0.707. The van der Waals surface area contributed by atoms with E-state index >= 15 is 0 Å². The fourth-order valence-electron chi connectivity index (χ4n) is 4.45. The van der Waals surface area contributed by atoms with Crippen LogP contribution >= 0.6 is 0 Å². The van der Waals surface area contributed by atoms with E-state index < -0.39 is 16.1 Å². The molecule has 8 nitrogen and oxygen atoms in total. The topological polar surface area (TPSA) is 111 Å². The SMILES string of the molecule is COc1cc2c(cc1OC)C(CC(=O)NCCCCCCN)N(S(=O)(=O)c1ccc(C)cc1)CC2. The molecule has 1 aliphatic heterocycles. The Kier molecular flexibility index (Phi) is 9.54. The summed E-state index contributed by atoms with van der Waals surface area (Å²) in [5, 5.41) is 2.96. The van der Waals surface area contributed by atoms with E-state index in [1.165, 1.54) is 4.31 Å². The molecule has 3 rings (SSSR count). The van der Waals surface area contributed by atoms with E-state index in [1.54, 1.807) is 44.6 Å². The number of ether oxygens (including phenoxy) is 2. The van der Waals surface area contributed by atoms with Gasteiger partial charge >= 0.3 is 0 Å². The van der Waals surface area contributed by atoms with Crippen molar-refractivity contribution in [3.63, 3.8) is 0 Å². The van der Waals surface area contributed by atoms with E-state index in [9.17, 15) is 13.2 Å². The van der Waals surface area contributed by atoms with Gasteiger partial charge in [0.25, 0.3) is 0 Å². The Labute approximate surface area is 208 Å². The maximum atomic E-state index is 13.7. The summed E-state index contributed by atoms with van der Waals surface area (Å²) in [5.74, 6) is 0.911. The Morgan fingerprint density at radius 3 is 2.37 bits per heavy atom. The molecular formula is C26H37N3O5S. The Morgan fingerprint density at radius 1 is 1.06 bits per heavy atom. The first-order valence-electron chi connectivity index (χ1n) is 12.1. The number of nitrogens with one attached hydrogen (secondary N) is 1. The number of fused-ring (bicyclic) bond motifs is 1. The normalized spacial score (nSPS) is 15.9. The van der Waals surface area contributed by atoms with Gasteiger partial charge in [-0.15, -0.1) is 0 Å². The van der Waals surface area contributed by atoms with E-state index in [-0.39, 0.29) is 23.8 Å². The zero-order chi connectivity index (χ0) is 25.4. The van der Waals surface area contributed by atoms with Gasteiger partial charge in [0.1, 0.15) is 0 Å². The summed E-state index contributed by atoms with van der Waals surface area (Å²) >= 11 is 0. The number of methoxy groups -OCH3 is 2. The smallest absolute Gasteiger partial charge is 0.243 e. The van der Waals surface area contributed by atoms with Gasteiger partial charge in [-0.25, -0.2) is 8.42 Å². The minimum atomic E-state index is -3.82. The van der Waals surface area contributed by atoms with Gasteiger partial charge in [-0.2, -0.15) is 4.31 Å². The van der Waals surface area contributed by atoms with Crippen LogP contribution in [-0.2, 0) is 21.2 Å². The van der Waals surface area contributed by atoms with Crippen molar-refractivity contribution in [3.8, 4) is 11.5 Å². The first-order valence-corrected chi connectivity index (χ1v) is 13.6. The lowest BCUT2D eigenvalue weighted by molar-refractivity contribution is -0.122. The summed E-state index contributed by atoms with van der Waals surface area (Å²) in [6, 6.07) is 9.83. The molecule has 0 spiro atoms. The molecule has 1 atom stereocenters. The molecule has 0 saturated heterocycles. The van der Waals surface area contributed by atoms with Crippen molar-refractivity contribution in [2.75, 3.05) is 33.9 Å². The van der Waals surface area contributed by atoms with Gasteiger partial charge in [0.15, 0.2) is 11.5 Å². The predicted molar refractivity (Wildman–Crippen MR) is 136 cm³/mol. The van der Waals surface area contributed by atoms with Gasteiger partial charge in [-0.05, 0) is 68.1 Å². The van der Waals surface area contributed by atoms with E-state index in [4.69, 9.17) is 15.2 Å². The van der Waals surface area contributed by atoms with Crippen molar-refractivity contribution >= 4 is 15.9 Å². The highest BCUT2D eigenvalue weighted by molar-refractivity contribution is 7.89. The Hall–Kier alpha value is -2.62. The minimum absolute atomic E-state index is 0.0242. The molecule has 192 valence electrons. The molecule has 1 heterocycles. The third kappa shape index (κ3) is 6.54. The average molecular weight is 504 g/mol. The van der Waals surface area contributed by atoms with Crippen molar-refractivity contribution in [2.45, 2.75) is 56.4 Å². The molecule has 3 N–H and O–H groups in total. The van der Waals surface area contributed by atoms with Crippen LogP contribution in [0.25, 0.3) is 0 Å². The van der Waals surface area contributed by atoms with Crippen LogP contribution in [0.1, 0.15) is 54.8 Å². The first kappa shape index (κ1) is 27.0. The van der Waals surface area contributed by atoms with Crippen LogP contribution in [0.15, 0.2) is 41.3 Å². The van der Waals surface area contributed by atoms with Gasteiger partial charge in [0.2, 0.25) is 15.9 Å². The van der Waals surface area contributed by atoms with Crippen molar-refractivity contribution in [2.24, 2.45) is 5.73 Å². The third-order valence-corrected chi connectivity index (χ3v) is 8.34. The summed E-state index contributed by atoms with van der Waals surface area (Å²) in [4.78, 5) is 13.2. The Balaban J connectivity index is 1.89. The van der Waals surface area contributed by atoms with Crippen molar-refractivity contribution in [1.82, 2.24) is 9.62 Å². The second-order valence-electron chi connectivity index (χ2n) is 8.86. The van der Waals surface area contributed by atoms with Gasteiger partial charge in [0, 0.05) is 19.5 Å². The van der Waals surface area contributed by atoms with Crippen LogP contribution < -0.4 is 20.5 Å². The van der Waals surface area contributed by atoms with Crippen LogP contribution in [-0.4, -0.2) is 52.5 Å². The monoisotopic (exact) mass is 503 g/mol. The maximum absolute atomic E-state index is 13.7. The predicted octanol–water partition coefficient (Wildman–Crippen LogP) is 3.33. The first-order chi connectivity index (χ1) is 16.8. The number of nitrogens with zero attached hydrogens (tertiary/aromatic N) is 1. The lowest BCUT2D eigenvalue weighted by Gasteiger charge is -2.36. The lowest BCUT2D eigenvalue weighted by atomic mass is 9.91. The zero-order valence-electron chi connectivity index (χ0n) is 20.9. The van der Waals surface area contributed by atoms with Gasteiger partial charge in [0.05, 0.1) is 25.2 Å². The highest BCUT2D eigenvalue weighted by atomic mass is 32.2. The number of aryl methyl sites for hydroxylation is 1. The molecule has 9 heteroatoms. The number of unbranched alkanes of at least 4 members (excludes halogenated alkanes) is 3. The number of hydrogen-bond acceptors (Lipinski definition) is 6. The van der Waals surface area contributed by atoms with Crippen LogP contribution in [0.3, 0.4) is 0 Å². The van der Waals surface area contributed by atoms with Gasteiger partial charge in [-0.3, -0.25) is 4.79 Å². The van der Waals surface area contributed by atoms with Gasteiger partial charge < -0.3 is 20.5 Å². The quantitative estimate of drug-likeness (QED) is 0.430. The number of hydrogen-bond donors (Lipinski definition) is 2. The molecule has 1 aliphatic rings. The fraction of sp³-hybridized carbons (Fsp3) is 0.500. The maximum Gasteiger partial charge on any atom is 0.243 e. The number of nitrogens with two attached hydrogens (primary N) is 1. The molecule has 0 fully saturated rings. The number of benzene rings is 2. The van der Waals surface area contributed by atoms with Crippen molar-refractivity contribution in [1.29, 1.82) is 0 Å². The van der Waals surface area contributed by atoms with Crippen LogP contribution in [0.2, 0.25) is 0 Å². The summed E-state index contributed by atoms with van der Waals surface area (Å²) < 4.78 is 39.7. The molecule has 2 aromatic rings. The third-order valence-electron chi connectivity index (χ3n) is 6.41. The Bertz CT molecular complexity index is 1100.